The van der Waals surface area contributed by atoms with Crippen molar-refractivity contribution in [2.24, 2.45) is 5.41 Å². The maximum atomic E-state index is 9.84. The van der Waals surface area contributed by atoms with Crippen LogP contribution in [0.2, 0.25) is 0 Å². The van der Waals surface area contributed by atoms with Gasteiger partial charge in [0.1, 0.15) is 0 Å². The van der Waals surface area contributed by atoms with Crippen LogP contribution in [0, 0.1) is 5.41 Å². The molecule has 0 heterocycles. The minimum atomic E-state index is -0.737. The van der Waals surface area contributed by atoms with E-state index < -0.39 is 5.60 Å². The van der Waals surface area contributed by atoms with Crippen LogP contribution >= 0.6 is 0 Å². The van der Waals surface area contributed by atoms with E-state index >= 15 is 0 Å². The summed E-state index contributed by atoms with van der Waals surface area (Å²) < 4.78 is 0. The standard InChI is InChI=1S/C12H27NO2/c1-9(12(5,6)15)13-10(7-8-14)11(2,3)4/h9-10,13-15H,7-8H2,1-6H3. The highest BCUT2D eigenvalue weighted by Crippen LogP contribution is 2.23. The molecule has 0 amide bonds. The van der Waals surface area contributed by atoms with Crippen LogP contribution in [-0.4, -0.2) is 34.5 Å². The molecule has 0 radical (unpaired) electrons. The molecule has 2 atom stereocenters. The fourth-order valence-corrected chi connectivity index (χ4v) is 1.40. The number of hydrogen-bond donors (Lipinski definition) is 3. The summed E-state index contributed by atoms with van der Waals surface area (Å²) in [4.78, 5) is 0. The Kier molecular flexibility index (Phi) is 5.24. The third-order valence-corrected chi connectivity index (χ3v) is 2.97. The van der Waals surface area contributed by atoms with Crippen molar-refractivity contribution in [3.8, 4) is 0 Å². The molecule has 0 saturated carbocycles. The molecule has 0 aliphatic heterocycles. The molecule has 0 aliphatic carbocycles. The number of hydrogen-bond acceptors (Lipinski definition) is 3. The van der Waals surface area contributed by atoms with Gasteiger partial charge in [0.15, 0.2) is 0 Å². The molecule has 0 aliphatic rings. The second-order valence-electron chi connectivity index (χ2n) is 5.97. The van der Waals surface area contributed by atoms with Crippen LogP contribution in [0.15, 0.2) is 0 Å². The first kappa shape index (κ1) is 14.9. The van der Waals surface area contributed by atoms with Gasteiger partial charge in [-0.3, -0.25) is 0 Å². The van der Waals surface area contributed by atoms with E-state index in [1.165, 1.54) is 0 Å². The molecular formula is C12H27NO2. The smallest absolute Gasteiger partial charge is 0.0741 e. The molecule has 0 bridgehead atoms. The van der Waals surface area contributed by atoms with Gasteiger partial charge in [0.05, 0.1) is 5.60 Å². The summed E-state index contributed by atoms with van der Waals surface area (Å²) in [6, 6.07) is 0.220. The Bertz CT molecular complexity index is 179. The van der Waals surface area contributed by atoms with Gasteiger partial charge in [-0.25, -0.2) is 0 Å². The van der Waals surface area contributed by atoms with E-state index in [0.717, 1.165) is 0 Å². The highest BCUT2D eigenvalue weighted by molar-refractivity contribution is 4.88. The summed E-state index contributed by atoms with van der Waals surface area (Å²) in [5.41, 5.74) is -0.652. The molecule has 0 rings (SSSR count). The average molecular weight is 217 g/mol. The lowest BCUT2D eigenvalue weighted by molar-refractivity contribution is 0.0300. The Hall–Kier alpha value is -0.120. The largest absolute Gasteiger partial charge is 0.396 e. The SMILES string of the molecule is CC(NC(CCO)C(C)(C)C)C(C)(C)O. The van der Waals surface area contributed by atoms with E-state index in [1.807, 2.05) is 6.92 Å². The Balaban J connectivity index is 4.43. The lowest BCUT2D eigenvalue weighted by Gasteiger charge is -2.37. The third kappa shape index (κ3) is 5.50. The maximum absolute atomic E-state index is 9.84. The molecule has 3 heteroatoms. The normalized spacial score (nSPS) is 17.6. The van der Waals surface area contributed by atoms with Gasteiger partial charge < -0.3 is 15.5 Å². The highest BCUT2D eigenvalue weighted by Gasteiger charge is 2.30. The van der Waals surface area contributed by atoms with Gasteiger partial charge in [0.2, 0.25) is 0 Å². The van der Waals surface area contributed by atoms with Crippen LogP contribution in [0.3, 0.4) is 0 Å². The van der Waals surface area contributed by atoms with Gasteiger partial charge in [-0.2, -0.15) is 0 Å². The second kappa shape index (κ2) is 5.28. The first-order valence-electron chi connectivity index (χ1n) is 5.68. The predicted octanol–water partition coefficient (Wildman–Crippen LogP) is 1.53. The molecular weight excluding hydrogens is 190 g/mol. The zero-order valence-corrected chi connectivity index (χ0v) is 11.0. The van der Waals surface area contributed by atoms with Gasteiger partial charge in [-0.05, 0) is 32.6 Å². The molecule has 0 saturated heterocycles. The van der Waals surface area contributed by atoms with E-state index in [1.54, 1.807) is 13.8 Å². The average Bonchev–Trinajstić information content (AvgIpc) is 1.99. The van der Waals surface area contributed by atoms with Crippen LogP contribution < -0.4 is 5.32 Å². The molecule has 2 unspecified atom stereocenters. The topological polar surface area (TPSA) is 52.5 Å². The monoisotopic (exact) mass is 217 g/mol. The van der Waals surface area contributed by atoms with Crippen molar-refractivity contribution in [3.05, 3.63) is 0 Å². The van der Waals surface area contributed by atoms with Crippen molar-refractivity contribution in [2.45, 2.75) is 65.6 Å². The summed E-state index contributed by atoms with van der Waals surface area (Å²) in [7, 11) is 0. The molecule has 0 fully saturated rings. The van der Waals surface area contributed by atoms with Crippen molar-refractivity contribution >= 4 is 0 Å². The summed E-state index contributed by atoms with van der Waals surface area (Å²) in [6.07, 6.45) is 0.712. The fraction of sp³-hybridized carbons (Fsp3) is 1.00. The van der Waals surface area contributed by atoms with Gasteiger partial charge in [-0.15, -0.1) is 0 Å². The van der Waals surface area contributed by atoms with E-state index in [9.17, 15) is 5.11 Å². The summed E-state index contributed by atoms with van der Waals surface area (Å²) in [6.45, 7) is 12.1. The Morgan fingerprint density at radius 2 is 1.60 bits per heavy atom. The first-order chi connectivity index (χ1) is 6.59. The van der Waals surface area contributed by atoms with E-state index in [-0.39, 0.29) is 24.1 Å². The van der Waals surface area contributed by atoms with Crippen molar-refractivity contribution in [3.63, 3.8) is 0 Å². The molecule has 3 N–H and O–H groups in total. The molecule has 92 valence electrons. The third-order valence-electron chi connectivity index (χ3n) is 2.97. The predicted molar refractivity (Wildman–Crippen MR) is 63.8 cm³/mol. The van der Waals surface area contributed by atoms with Crippen molar-refractivity contribution in [1.82, 2.24) is 5.32 Å². The molecule has 0 spiro atoms. The minimum Gasteiger partial charge on any atom is -0.396 e. The van der Waals surface area contributed by atoms with E-state index in [2.05, 4.69) is 26.1 Å². The number of aliphatic hydroxyl groups is 2. The van der Waals surface area contributed by atoms with Crippen molar-refractivity contribution < 1.29 is 10.2 Å². The maximum Gasteiger partial charge on any atom is 0.0741 e. The summed E-state index contributed by atoms with van der Waals surface area (Å²) in [5, 5.41) is 22.2. The molecule has 15 heavy (non-hydrogen) atoms. The minimum absolute atomic E-state index is 0.00766. The van der Waals surface area contributed by atoms with E-state index in [0.29, 0.717) is 6.42 Å². The summed E-state index contributed by atoms with van der Waals surface area (Å²) >= 11 is 0. The van der Waals surface area contributed by atoms with Gasteiger partial charge >= 0.3 is 0 Å². The van der Waals surface area contributed by atoms with Crippen LogP contribution in [-0.2, 0) is 0 Å². The molecule has 0 aromatic carbocycles. The molecule has 3 nitrogen and oxygen atoms in total. The lowest BCUT2D eigenvalue weighted by Crippen LogP contribution is -2.53. The molecule has 0 aromatic rings. The fourth-order valence-electron chi connectivity index (χ4n) is 1.40. The van der Waals surface area contributed by atoms with Crippen LogP contribution in [0.4, 0.5) is 0 Å². The Morgan fingerprint density at radius 3 is 1.87 bits per heavy atom. The zero-order chi connectivity index (χ0) is 12.3. The van der Waals surface area contributed by atoms with Gasteiger partial charge in [0, 0.05) is 18.7 Å². The van der Waals surface area contributed by atoms with Crippen LogP contribution in [0.1, 0.15) is 48.0 Å². The van der Waals surface area contributed by atoms with Gasteiger partial charge in [-0.1, -0.05) is 20.8 Å². The summed E-state index contributed by atoms with van der Waals surface area (Å²) in [5.74, 6) is 0. The van der Waals surface area contributed by atoms with Gasteiger partial charge in [0.25, 0.3) is 0 Å². The second-order valence-corrected chi connectivity index (χ2v) is 5.97. The van der Waals surface area contributed by atoms with Crippen molar-refractivity contribution in [2.75, 3.05) is 6.61 Å². The Labute approximate surface area is 93.9 Å². The Morgan fingerprint density at radius 1 is 1.13 bits per heavy atom. The number of aliphatic hydroxyl groups excluding tert-OH is 1. The van der Waals surface area contributed by atoms with E-state index in [4.69, 9.17) is 5.11 Å². The molecule has 0 aromatic heterocycles. The quantitative estimate of drug-likeness (QED) is 0.654. The van der Waals surface area contributed by atoms with Crippen LogP contribution in [0.25, 0.3) is 0 Å². The van der Waals surface area contributed by atoms with Crippen molar-refractivity contribution in [1.29, 1.82) is 0 Å². The lowest BCUT2D eigenvalue weighted by atomic mass is 9.83. The number of rotatable bonds is 5. The zero-order valence-electron chi connectivity index (χ0n) is 11.0. The van der Waals surface area contributed by atoms with Crippen LogP contribution in [0.5, 0.6) is 0 Å². The number of nitrogens with one attached hydrogen (secondary N) is 1. The first-order valence-corrected chi connectivity index (χ1v) is 5.68. The highest BCUT2D eigenvalue weighted by atomic mass is 16.3.